The summed E-state index contributed by atoms with van der Waals surface area (Å²) in [5, 5.41) is 6.78. The summed E-state index contributed by atoms with van der Waals surface area (Å²) < 4.78 is 49.5. The van der Waals surface area contributed by atoms with E-state index in [1.165, 1.54) is 5.56 Å². The first kappa shape index (κ1) is 23.8. The lowest BCUT2D eigenvalue weighted by Gasteiger charge is -2.18. The maximum Gasteiger partial charge on any atom is 0.135 e. The molecule has 0 amide bonds. The molecule has 0 saturated heterocycles. The molecule has 8 aromatic carbocycles. The van der Waals surface area contributed by atoms with Crippen molar-refractivity contribution in [1.82, 2.24) is 9.55 Å². The van der Waals surface area contributed by atoms with Crippen molar-refractivity contribution >= 4 is 54.5 Å². The maximum absolute atomic E-state index is 8.72. The molecule has 2 aromatic heterocycles. The van der Waals surface area contributed by atoms with E-state index < -0.39 is 13.2 Å². The lowest BCUT2D eigenvalue weighted by molar-refractivity contribution is 0.669. The summed E-state index contributed by atoms with van der Waals surface area (Å²) in [5.74, 6) is -0.157. The van der Waals surface area contributed by atoms with Gasteiger partial charge in [-0.2, -0.15) is 0 Å². The Morgan fingerprint density at radius 1 is 0.540 bits per heavy atom. The van der Waals surface area contributed by atoms with Crippen LogP contribution in [0.1, 0.15) is 19.5 Å². The SMILES string of the molecule is [2H]C([2H])([2H])C([2H])([2H])c1nc2ccccc2n1-c1ccccc1-c1ccc(-c2c3ccccc3c(-c3ccc4oc5ccccc5c4c3)c3ccccc23)cc1. The molecule has 0 aliphatic carbocycles. The molecule has 0 fully saturated rings. The quantitative estimate of drug-likeness (QED) is 0.174. The third-order valence-corrected chi connectivity index (χ3v) is 9.90. The van der Waals surface area contributed by atoms with Gasteiger partial charge in [-0.3, -0.25) is 4.57 Å². The van der Waals surface area contributed by atoms with Crippen molar-refractivity contribution in [3.63, 3.8) is 0 Å². The highest BCUT2D eigenvalue weighted by molar-refractivity contribution is 6.22. The van der Waals surface area contributed by atoms with Crippen LogP contribution in [0.2, 0.25) is 0 Å². The summed E-state index contributed by atoms with van der Waals surface area (Å²) in [6.07, 6.45) is -2.70. The molecule has 3 nitrogen and oxygen atoms in total. The van der Waals surface area contributed by atoms with E-state index in [0.717, 1.165) is 71.3 Å². The number of benzene rings is 8. The number of nitrogens with zero attached hydrogens (tertiary/aromatic N) is 2. The maximum atomic E-state index is 8.72. The number of furan rings is 1. The zero-order valence-corrected chi connectivity index (χ0v) is 26.9. The van der Waals surface area contributed by atoms with Gasteiger partial charge >= 0.3 is 0 Å². The Kier molecular flexibility index (Phi) is 5.39. The fourth-order valence-electron chi connectivity index (χ4n) is 7.71. The minimum atomic E-state index is -2.93. The Bertz CT molecular complexity index is 3060. The summed E-state index contributed by atoms with van der Waals surface area (Å²) in [5.41, 5.74) is 9.77. The van der Waals surface area contributed by atoms with Gasteiger partial charge < -0.3 is 4.42 Å². The van der Waals surface area contributed by atoms with Gasteiger partial charge in [-0.15, -0.1) is 0 Å². The summed E-state index contributed by atoms with van der Waals surface area (Å²) in [4.78, 5) is 4.55. The molecule has 0 aliphatic rings. The van der Waals surface area contributed by atoms with E-state index in [2.05, 4.69) is 102 Å². The van der Waals surface area contributed by atoms with Crippen LogP contribution in [-0.4, -0.2) is 9.55 Å². The van der Waals surface area contributed by atoms with Crippen LogP contribution in [0.25, 0.3) is 93.6 Å². The number of aryl methyl sites for hydroxylation is 1. The highest BCUT2D eigenvalue weighted by Crippen LogP contribution is 2.45. The van der Waals surface area contributed by atoms with Gasteiger partial charge in [0, 0.05) is 29.6 Å². The number of para-hydroxylation sites is 4. The minimum absolute atomic E-state index is 0.157. The van der Waals surface area contributed by atoms with Crippen molar-refractivity contribution in [3.8, 4) is 39.1 Å². The molecule has 3 heteroatoms. The average molecular weight is 646 g/mol. The van der Waals surface area contributed by atoms with Gasteiger partial charge in [-0.1, -0.05) is 134 Å². The molecule has 0 spiro atoms. The van der Waals surface area contributed by atoms with Crippen LogP contribution in [0.15, 0.2) is 168 Å². The molecule has 0 bridgehead atoms. The number of rotatable bonds is 5. The van der Waals surface area contributed by atoms with Gasteiger partial charge in [0.15, 0.2) is 0 Å². The molecule has 0 unspecified atom stereocenters. The van der Waals surface area contributed by atoms with Crippen LogP contribution in [-0.2, 0) is 6.37 Å². The fourth-order valence-corrected chi connectivity index (χ4v) is 7.71. The van der Waals surface area contributed by atoms with E-state index in [0.29, 0.717) is 16.7 Å². The second-order valence-electron chi connectivity index (χ2n) is 12.6. The zero-order valence-electron chi connectivity index (χ0n) is 31.9. The Balaban J connectivity index is 1.14. The summed E-state index contributed by atoms with van der Waals surface area (Å²) >= 11 is 0. The van der Waals surface area contributed by atoms with Crippen LogP contribution < -0.4 is 0 Å². The van der Waals surface area contributed by atoms with Crippen molar-refractivity contribution in [2.75, 3.05) is 0 Å². The molecule has 236 valence electrons. The van der Waals surface area contributed by atoms with E-state index in [4.69, 9.17) is 11.3 Å². The van der Waals surface area contributed by atoms with Crippen LogP contribution in [0, 0.1) is 0 Å². The lowest BCUT2D eigenvalue weighted by atomic mass is 9.85. The standard InChI is InChI=1S/C47H32N2O/c1-2-45-48-40-19-9-11-21-42(40)49(45)41-20-10-7-13-33(41)30-23-25-31(26-24-30)46-35-15-3-5-17-37(35)47(38-18-6-4-16-36(38)46)32-27-28-44-39(29-32)34-14-8-12-22-43(34)50-44/h3-29H,2H2,1H3/i1D3,2D2. The molecular weight excluding hydrogens is 609 g/mol. The molecule has 10 aromatic rings. The number of hydrogen-bond donors (Lipinski definition) is 0. The number of fused-ring (bicyclic) bond motifs is 6. The largest absolute Gasteiger partial charge is 0.456 e. The van der Waals surface area contributed by atoms with E-state index in [-0.39, 0.29) is 5.82 Å². The van der Waals surface area contributed by atoms with Gasteiger partial charge in [-0.25, -0.2) is 4.98 Å². The number of imidazole rings is 1. The molecule has 0 saturated carbocycles. The molecule has 2 heterocycles. The van der Waals surface area contributed by atoms with E-state index in [1.54, 1.807) is 10.6 Å². The Hall–Kier alpha value is -6.45. The van der Waals surface area contributed by atoms with Crippen molar-refractivity contribution in [2.45, 2.75) is 13.2 Å². The normalized spacial score (nSPS) is 13.8. The van der Waals surface area contributed by atoms with Crippen molar-refractivity contribution < 1.29 is 11.3 Å². The van der Waals surface area contributed by atoms with Crippen LogP contribution in [0.5, 0.6) is 0 Å². The van der Waals surface area contributed by atoms with Crippen molar-refractivity contribution in [2.24, 2.45) is 0 Å². The van der Waals surface area contributed by atoms with Crippen molar-refractivity contribution in [3.05, 3.63) is 170 Å². The van der Waals surface area contributed by atoms with E-state index >= 15 is 0 Å². The van der Waals surface area contributed by atoms with Crippen LogP contribution in [0.4, 0.5) is 0 Å². The molecule has 10 rings (SSSR count). The molecule has 0 atom stereocenters. The third kappa shape index (κ3) is 4.33. The smallest absolute Gasteiger partial charge is 0.135 e. The highest BCUT2D eigenvalue weighted by atomic mass is 16.3. The van der Waals surface area contributed by atoms with Gasteiger partial charge in [0.05, 0.1) is 16.7 Å². The van der Waals surface area contributed by atoms with Gasteiger partial charge in [0.1, 0.15) is 17.0 Å². The second-order valence-corrected chi connectivity index (χ2v) is 12.6. The topological polar surface area (TPSA) is 31.0 Å². The summed E-state index contributed by atoms with van der Waals surface area (Å²) in [6.45, 7) is -2.93. The minimum Gasteiger partial charge on any atom is -0.456 e. The third-order valence-electron chi connectivity index (χ3n) is 9.90. The monoisotopic (exact) mass is 645 g/mol. The first-order valence-electron chi connectivity index (χ1n) is 19.2. The van der Waals surface area contributed by atoms with Gasteiger partial charge in [0.25, 0.3) is 0 Å². The van der Waals surface area contributed by atoms with Gasteiger partial charge in [0.2, 0.25) is 0 Å². The first-order valence-corrected chi connectivity index (χ1v) is 16.7. The first-order chi connectivity index (χ1) is 26.7. The predicted molar refractivity (Wildman–Crippen MR) is 209 cm³/mol. The molecule has 50 heavy (non-hydrogen) atoms. The summed E-state index contributed by atoms with van der Waals surface area (Å²) in [7, 11) is 0. The molecule has 0 N–H and O–H groups in total. The Morgan fingerprint density at radius 2 is 1.10 bits per heavy atom. The lowest BCUT2D eigenvalue weighted by Crippen LogP contribution is -2.02. The Morgan fingerprint density at radius 3 is 1.84 bits per heavy atom. The second kappa shape index (κ2) is 11.3. The average Bonchev–Trinajstić information content (AvgIpc) is 3.79. The number of hydrogen-bond acceptors (Lipinski definition) is 2. The molecular formula is C47H32N2O. The fraction of sp³-hybridized carbons (Fsp3) is 0.0426. The molecule has 0 radical (unpaired) electrons. The summed E-state index contributed by atoms with van der Waals surface area (Å²) in [6, 6.07) is 55.2. The van der Waals surface area contributed by atoms with E-state index in [1.807, 2.05) is 60.7 Å². The van der Waals surface area contributed by atoms with Crippen molar-refractivity contribution in [1.29, 1.82) is 0 Å². The predicted octanol–water partition coefficient (Wildman–Crippen LogP) is 12.8. The zero-order chi connectivity index (χ0) is 37.5. The van der Waals surface area contributed by atoms with Crippen LogP contribution >= 0.6 is 0 Å². The highest BCUT2D eigenvalue weighted by Gasteiger charge is 2.19. The van der Waals surface area contributed by atoms with E-state index in [9.17, 15) is 0 Å². The molecule has 0 aliphatic heterocycles. The van der Waals surface area contributed by atoms with Gasteiger partial charge in [-0.05, 0) is 85.8 Å². The number of aromatic nitrogens is 2. The van der Waals surface area contributed by atoms with Crippen LogP contribution in [0.3, 0.4) is 0 Å². The Labute approximate surface area is 296 Å².